The zero-order valence-electron chi connectivity index (χ0n) is 14.2. The first-order valence-electron chi connectivity index (χ1n) is 8.69. The van der Waals surface area contributed by atoms with E-state index in [9.17, 15) is 5.11 Å². The van der Waals surface area contributed by atoms with Crippen LogP contribution < -0.4 is 9.80 Å². The highest BCUT2D eigenvalue weighted by Gasteiger charge is 2.34. The number of nitrogens with zero attached hydrogens (tertiary/aromatic N) is 7. The molecule has 0 saturated carbocycles. The number of anilines is 2. The van der Waals surface area contributed by atoms with Crippen LogP contribution in [0.1, 0.15) is 12.8 Å². The van der Waals surface area contributed by atoms with Gasteiger partial charge >= 0.3 is 0 Å². The Labute approximate surface area is 146 Å². The highest BCUT2D eigenvalue weighted by molar-refractivity contribution is 5.44. The van der Waals surface area contributed by atoms with E-state index >= 15 is 0 Å². The van der Waals surface area contributed by atoms with Crippen LogP contribution >= 0.6 is 0 Å². The summed E-state index contributed by atoms with van der Waals surface area (Å²) >= 11 is 0. The molecule has 9 nitrogen and oxygen atoms in total. The second kappa shape index (κ2) is 6.93. The summed E-state index contributed by atoms with van der Waals surface area (Å²) in [6.45, 7) is 4.85. The number of hydrogen-bond acceptors (Lipinski definition) is 8. The molecule has 9 heteroatoms. The number of aromatic nitrogens is 5. The van der Waals surface area contributed by atoms with Crippen molar-refractivity contribution in [2.75, 3.05) is 49.2 Å². The van der Waals surface area contributed by atoms with Crippen molar-refractivity contribution in [1.29, 1.82) is 0 Å². The first kappa shape index (κ1) is 16.2. The topological polar surface area (TPSA) is 92.4 Å². The van der Waals surface area contributed by atoms with Crippen molar-refractivity contribution in [3.05, 3.63) is 24.7 Å². The largest absolute Gasteiger partial charge is 0.386 e. The minimum atomic E-state index is -0.837. The fraction of sp³-hybridized carbons (Fsp3) is 0.625. The lowest BCUT2D eigenvalue weighted by Crippen LogP contribution is -2.51. The zero-order chi connectivity index (χ0) is 17.1. The molecule has 1 N–H and O–H groups in total. The van der Waals surface area contributed by atoms with Crippen LogP contribution in [0.5, 0.6) is 0 Å². The Morgan fingerprint density at radius 2 is 2.04 bits per heavy atom. The van der Waals surface area contributed by atoms with Gasteiger partial charge in [-0.1, -0.05) is 5.21 Å². The average molecular weight is 345 g/mol. The fourth-order valence-corrected chi connectivity index (χ4v) is 3.49. The molecule has 2 aromatic rings. The second-order valence-corrected chi connectivity index (χ2v) is 6.66. The van der Waals surface area contributed by atoms with E-state index in [0.717, 1.165) is 44.2 Å². The predicted molar refractivity (Wildman–Crippen MR) is 91.5 cm³/mol. The van der Waals surface area contributed by atoms with Crippen LogP contribution in [-0.4, -0.2) is 75.1 Å². The van der Waals surface area contributed by atoms with Gasteiger partial charge in [-0.3, -0.25) is 0 Å². The van der Waals surface area contributed by atoms with Crippen LogP contribution in [0, 0.1) is 0 Å². The van der Waals surface area contributed by atoms with Gasteiger partial charge in [-0.25, -0.2) is 9.67 Å². The van der Waals surface area contributed by atoms with E-state index in [1.165, 1.54) is 0 Å². The van der Waals surface area contributed by atoms with Gasteiger partial charge in [0, 0.05) is 38.6 Å². The maximum absolute atomic E-state index is 11.0. The molecule has 4 rings (SSSR count). The molecule has 0 spiro atoms. The first-order chi connectivity index (χ1) is 12.2. The molecule has 0 radical (unpaired) electrons. The van der Waals surface area contributed by atoms with Gasteiger partial charge in [0.25, 0.3) is 0 Å². The fourth-order valence-electron chi connectivity index (χ4n) is 3.49. The monoisotopic (exact) mass is 345 g/mol. The number of β-amino-alcohol motifs (C(OH)–C–C–N with tert-alkyl or cyclic N) is 1. The summed E-state index contributed by atoms with van der Waals surface area (Å²) in [5.41, 5.74) is -0.837. The van der Waals surface area contributed by atoms with Gasteiger partial charge in [0.1, 0.15) is 11.4 Å². The van der Waals surface area contributed by atoms with Gasteiger partial charge < -0.3 is 19.6 Å². The highest BCUT2D eigenvalue weighted by atomic mass is 16.5. The lowest BCUT2D eigenvalue weighted by molar-refractivity contribution is 0.00585. The molecular weight excluding hydrogens is 322 g/mol. The Balaban J connectivity index is 1.49. The predicted octanol–water partition coefficient (Wildman–Crippen LogP) is -0.0638. The third-order valence-electron chi connectivity index (χ3n) is 4.73. The molecule has 2 fully saturated rings. The van der Waals surface area contributed by atoms with E-state index in [1.54, 1.807) is 23.3 Å². The molecule has 0 bridgehead atoms. The van der Waals surface area contributed by atoms with Gasteiger partial charge in [-0.05, 0) is 18.9 Å². The summed E-state index contributed by atoms with van der Waals surface area (Å²) in [4.78, 5) is 13.4. The van der Waals surface area contributed by atoms with Crippen molar-refractivity contribution in [1.82, 2.24) is 25.0 Å². The minimum Gasteiger partial charge on any atom is -0.386 e. The summed E-state index contributed by atoms with van der Waals surface area (Å²) in [6.07, 6.45) is 6.84. The van der Waals surface area contributed by atoms with E-state index in [4.69, 9.17) is 9.72 Å². The average Bonchev–Trinajstić information content (AvgIpc) is 3.15. The summed E-state index contributed by atoms with van der Waals surface area (Å²) < 4.78 is 7.07. The molecule has 2 aromatic heterocycles. The number of hydrogen-bond donors (Lipinski definition) is 1. The molecule has 1 atom stereocenters. The molecule has 0 aliphatic carbocycles. The van der Waals surface area contributed by atoms with Crippen molar-refractivity contribution in [3.8, 4) is 0 Å². The zero-order valence-corrected chi connectivity index (χ0v) is 14.2. The van der Waals surface area contributed by atoms with Crippen LogP contribution in [0.4, 0.5) is 11.8 Å². The van der Waals surface area contributed by atoms with Crippen molar-refractivity contribution in [3.63, 3.8) is 0 Å². The standard InChI is InChI=1S/C16H23N7O2/c24-16(13-23-7-5-18-20-23)3-1-6-22(12-16)14-2-4-17-15(19-14)21-8-10-25-11-9-21/h2,4-5,7,24H,1,3,6,8-13H2. The Bertz CT molecular complexity index is 690. The molecule has 25 heavy (non-hydrogen) atoms. The SMILES string of the molecule is OC1(Cn2ccnn2)CCCN(c2ccnc(N3CCOCC3)n2)C1. The van der Waals surface area contributed by atoms with Gasteiger partial charge in [-0.15, -0.1) is 5.10 Å². The van der Waals surface area contributed by atoms with E-state index in [0.29, 0.717) is 26.3 Å². The summed E-state index contributed by atoms with van der Waals surface area (Å²) in [5.74, 6) is 1.58. The van der Waals surface area contributed by atoms with Gasteiger partial charge in [0.15, 0.2) is 0 Å². The number of piperidine rings is 1. The maximum Gasteiger partial charge on any atom is 0.227 e. The highest BCUT2D eigenvalue weighted by Crippen LogP contribution is 2.27. The van der Waals surface area contributed by atoms with Crippen molar-refractivity contribution < 1.29 is 9.84 Å². The normalized spacial score (nSPS) is 24.5. The molecule has 2 aliphatic heterocycles. The van der Waals surface area contributed by atoms with Crippen LogP contribution in [0.15, 0.2) is 24.7 Å². The molecular formula is C16H23N7O2. The lowest BCUT2D eigenvalue weighted by Gasteiger charge is -2.39. The summed E-state index contributed by atoms with van der Waals surface area (Å²) in [6, 6.07) is 1.91. The van der Waals surface area contributed by atoms with E-state index in [1.807, 2.05) is 6.07 Å². The van der Waals surface area contributed by atoms with Crippen LogP contribution in [0.2, 0.25) is 0 Å². The summed E-state index contributed by atoms with van der Waals surface area (Å²) in [7, 11) is 0. The maximum atomic E-state index is 11.0. The second-order valence-electron chi connectivity index (χ2n) is 6.66. The van der Waals surface area contributed by atoms with Crippen molar-refractivity contribution >= 4 is 11.8 Å². The minimum absolute atomic E-state index is 0.435. The molecule has 2 saturated heterocycles. The van der Waals surface area contributed by atoms with Crippen molar-refractivity contribution in [2.24, 2.45) is 0 Å². The number of aliphatic hydroxyl groups is 1. The first-order valence-corrected chi connectivity index (χ1v) is 8.69. The molecule has 1 unspecified atom stereocenters. The van der Waals surface area contributed by atoms with E-state index < -0.39 is 5.60 Å². The van der Waals surface area contributed by atoms with Crippen LogP contribution in [-0.2, 0) is 11.3 Å². The third-order valence-corrected chi connectivity index (χ3v) is 4.73. The Morgan fingerprint density at radius 1 is 1.16 bits per heavy atom. The Hall–Kier alpha value is -2.26. The smallest absolute Gasteiger partial charge is 0.227 e. The van der Waals surface area contributed by atoms with Gasteiger partial charge in [0.05, 0.1) is 26.0 Å². The quantitative estimate of drug-likeness (QED) is 0.824. The van der Waals surface area contributed by atoms with Gasteiger partial charge in [-0.2, -0.15) is 4.98 Å². The van der Waals surface area contributed by atoms with E-state index in [-0.39, 0.29) is 0 Å². The molecule has 0 amide bonds. The molecule has 0 aromatic carbocycles. The lowest BCUT2D eigenvalue weighted by atomic mass is 9.93. The van der Waals surface area contributed by atoms with Gasteiger partial charge in [0.2, 0.25) is 5.95 Å². The molecule has 2 aliphatic rings. The molecule has 134 valence electrons. The molecule has 4 heterocycles. The summed E-state index contributed by atoms with van der Waals surface area (Å²) in [5, 5.41) is 18.8. The Kier molecular flexibility index (Phi) is 4.50. The number of rotatable bonds is 4. The van der Waals surface area contributed by atoms with Crippen molar-refractivity contribution in [2.45, 2.75) is 25.0 Å². The van der Waals surface area contributed by atoms with E-state index in [2.05, 4.69) is 25.1 Å². The number of ether oxygens (including phenoxy) is 1. The van der Waals surface area contributed by atoms with Crippen LogP contribution in [0.25, 0.3) is 0 Å². The Morgan fingerprint density at radius 3 is 2.84 bits per heavy atom. The number of morpholine rings is 1. The van der Waals surface area contributed by atoms with Crippen LogP contribution in [0.3, 0.4) is 0 Å². The third kappa shape index (κ3) is 3.72.